The third-order valence-corrected chi connectivity index (χ3v) is 1.37. The molecule has 1 heteroatoms. The fourth-order valence-electron chi connectivity index (χ4n) is 0. The molecule has 0 nitrogen and oxygen atoms in total. The maximum atomic E-state index is 3.71. The fraction of sp³-hybridized carbons (Fsp3) is 0.750. The molecule has 0 heterocycles. The molecule has 0 rings (SSSR count). The van der Waals surface area contributed by atoms with Gasteiger partial charge in [-0.1, -0.05) is 22.9 Å². The molecular weight excluding hydrogens is 128 g/mol. The number of alkyl halides is 1. The van der Waals surface area contributed by atoms with Gasteiger partial charge in [0.2, 0.25) is 0 Å². The highest BCUT2D eigenvalue weighted by atomic mass is 79.9. The van der Waals surface area contributed by atoms with Gasteiger partial charge in [0, 0.05) is 5.33 Å². The van der Waals surface area contributed by atoms with E-state index in [4.69, 9.17) is 0 Å². The van der Waals surface area contributed by atoms with Crippen molar-refractivity contribution < 1.29 is 0 Å². The zero-order chi connectivity index (χ0) is 4.28. The van der Waals surface area contributed by atoms with Crippen LogP contribution in [0.5, 0.6) is 0 Å². The molecule has 0 saturated heterocycles. The molecule has 0 saturated carbocycles. The van der Waals surface area contributed by atoms with Gasteiger partial charge in [0.05, 0.1) is 0 Å². The van der Waals surface area contributed by atoms with Crippen LogP contribution in [0.2, 0.25) is 0 Å². The van der Waals surface area contributed by atoms with Crippen LogP contribution < -0.4 is 0 Å². The lowest BCUT2D eigenvalue weighted by molar-refractivity contribution is 0.850. The molecular formula is C4H8Br. The summed E-state index contributed by atoms with van der Waals surface area (Å²) in [6.45, 7) is 5.77. The number of hydrogen-bond donors (Lipinski definition) is 0. The smallest absolute Gasteiger partial charge is 0.00570 e. The Morgan fingerprint density at radius 1 is 2.00 bits per heavy atom. The van der Waals surface area contributed by atoms with E-state index >= 15 is 0 Å². The van der Waals surface area contributed by atoms with Crippen LogP contribution in [0.25, 0.3) is 0 Å². The Labute approximate surface area is 41.7 Å². The van der Waals surface area contributed by atoms with Crippen LogP contribution in [0.15, 0.2) is 0 Å². The van der Waals surface area contributed by atoms with Gasteiger partial charge < -0.3 is 0 Å². The molecule has 0 aliphatic carbocycles. The fourth-order valence-corrected chi connectivity index (χ4v) is 0. The summed E-state index contributed by atoms with van der Waals surface area (Å²) in [4.78, 5) is 0. The minimum atomic E-state index is 0.551. The summed E-state index contributed by atoms with van der Waals surface area (Å²) in [6, 6.07) is 0. The lowest BCUT2D eigenvalue weighted by Gasteiger charge is -1.88. The van der Waals surface area contributed by atoms with Crippen LogP contribution in [0.4, 0.5) is 0 Å². The molecule has 0 aromatic carbocycles. The molecule has 0 fully saturated rings. The van der Waals surface area contributed by atoms with Crippen LogP contribution in [-0.4, -0.2) is 5.33 Å². The van der Waals surface area contributed by atoms with E-state index < -0.39 is 0 Å². The quantitative estimate of drug-likeness (QED) is 0.482. The summed E-state index contributed by atoms with van der Waals surface area (Å²) in [5.74, 6) is 0.551. The van der Waals surface area contributed by atoms with Gasteiger partial charge in [0.25, 0.3) is 0 Å². The molecule has 0 bridgehead atoms. The number of halogens is 1. The van der Waals surface area contributed by atoms with Gasteiger partial charge in [0.15, 0.2) is 0 Å². The van der Waals surface area contributed by atoms with Crippen molar-refractivity contribution in [1.29, 1.82) is 0 Å². The Bertz CT molecular complexity index is 17.6. The first-order valence-corrected chi connectivity index (χ1v) is 2.78. The molecule has 1 radical (unpaired) electrons. The van der Waals surface area contributed by atoms with Gasteiger partial charge in [0.1, 0.15) is 0 Å². The van der Waals surface area contributed by atoms with Crippen molar-refractivity contribution in [3.63, 3.8) is 0 Å². The second-order valence-electron chi connectivity index (χ2n) is 1.26. The molecule has 1 atom stereocenters. The van der Waals surface area contributed by atoms with Crippen LogP contribution in [-0.2, 0) is 0 Å². The number of hydrogen-bond acceptors (Lipinski definition) is 0. The zero-order valence-corrected chi connectivity index (χ0v) is 4.96. The predicted molar refractivity (Wildman–Crippen MR) is 28.3 cm³/mol. The van der Waals surface area contributed by atoms with Crippen LogP contribution in [0, 0.1) is 12.8 Å². The second kappa shape index (κ2) is 2.70. The standard InChI is InChI=1S/C4H8Br/c1-4(2)3-5/h4H,1,3H2,2H3. The maximum absolute atomic E-state index is 3.71. The van der Waals surface area contributed by atoms with E-state index in [1.165, 1.54) is 0 Å². The lowest BCUT2D eigenvalue weighted by atomic mass is 10.3. The summed E-state index contributed by atoms with van der Waals surface area (Å²) in [7, 11) is 0. The molecule has 0 spiro atoms. The van der Waals surface area contributed by atoms with Gasteiger partial charge >= 0.3 is 0 Å². The molecule has 0 N–H and O–H groups in total. The molecule has 0 amide bonds. The molecule has 0 aliphatic heterocycles. The maximum Gasteiger partial charge on any atom is 0.00570 e. The van der Waals surface area contributed by atoms with Gasteiger partial charge in [-0.15, -0.1) is 0 Å². The average molecular weight is 136 g/mol. The minimum Gasteiger partial charge on any atom is -0.0925 e. The highest BCUT2D eigenvalue weighted by Crippen LogP contribution is 1.93. The first-order valence-electron chi connectivity index (χ1n) is 1.66. The van der Waals surface area contributed by atoms with Crippen molar-refractivity contribution in [2.45, 2.75) is 6.92 Å². The second-order valence-corrected chi connectivity index (χ2v) is 1.91. The van der Waals surface area contributed by atoms with E-state index in [0.29, 0.717) is 5.92 Å². The predicted octanol–water partition coefficient (Wildman–Crippen LogP) is 1.85. The highest BCUT2D eigenvalue weighted by molar-refractivity contribution is 9.09. The summed E-state index contributed by atoms with van der Waals surface area (Å²) in [5.41, 5.74) is 0. The van der Waals surface area contributed by atoms with Crippen LogP contribution in [0.3, 0.4) is 0 Å². The monoisotopic (exact) mass is 135 g/mol. The topological polar surface area (TPSA) is 0 Å². The van der Waals surface area contributed by atoms with Gasteiger partial charge in [-0.05, 0) is 12.8 Å². The third-order valence-electron chi connectivity index (χ3n) is 0.263. The first-order chi connectivity index (χ1) is 2.27. The lowest BCUT2D eigenvalue weighted by Crippen LogP contribution is -1.83. The van der Waals surface area contributed by atoms with E-state index in [1.54, 1.807) is 0 Å². The van der Waals surface area contributed by atoms with Crippen LogP contribution in [0.1, 0.15) is 6.92 Å². The van der Waals surface area contributed by atoms with Crippen molar-refractivity contribution in [3.8, 4) is 0 Å². The first kappa shape index (κ1) is 5.48. The zero-order valence-electron chi connectivity index (χ0n) is 3.37. The normalized spacial score (nSPS) is 9.60. The van der Waals surface area contributed by atoms with E-state index in [2.05, 4.69) is 29.8 Å². The molecule has 5 heavy (non-hydrogen) atoms. The molecule has 0 aliphatic rings. The molecule has 0 aromatic rings. The van der Waals surface area contributed by atoms with Crippen molar-refractivity contribution in [2.24, 2.45) is 5.92 Å². The van der Waals surface area contributed by atoms with E-state index in [0.717, 1.165) is 5.33 Å². The molecule has 0 aromatic heterocycles. The van der Waals surface area contributed by atoms with E-state index in [1.807, 2.05) is 0 Å². The highest BCUT2D eigenvalue weighted by Gasteiger charge is 1.82. The average Bonchev–Trinajstić information content (AvgIpc) is 1.38. The Balaban J connectivity index is 2.54. The summed E-state index contributed by atoms with van der Waals surface area (Å²) in [6.07, 6.45) is 0. The van der Waals surface area contributed by atoms with Gasteiger partial charge in [-0.3, -0.25) is 0 Å². The minimum absolute atomic E-state index is 0.551. The SMILES string of the molecule is [CH2]C(C)CBr. The van der Waals surface area contributed by atoms with Crippen molar-refractivity contribution in [3.05, 3.63) is 6.92 Å². The molecule has 1 unspecified atom stereocenters. The van der Waals surface area contributed by atoms with Crippen molar-refractivity contribution in [2.75, 3.05) is 5.33 Å². The summed E-state index contributed by atoms with van der Waals surface area (Å²) in [5, 5.41) is 1.01. The molecule has 31 valence electrons. The summed E-state index contributed by atoms with van der Waals surface area (Å²) >= 11 is 3.25. The van der Waals surface area contributed by atoms with Crippen molar-refractivity contribution in [1.82, 2.24) is 0 Å². The van der Waals surface area contributed by atoms with Crippen LogP contribution >= 0.6 is 15.9 Å². The van der Waals surface area contributed by atoms with Gasteiger partial charge in [-0.2, -0.15) is 0 Å². The number of rotatable bonds is 1. The summed E-state index contributed by atoms with van der Waals surface area (Å²) < 4.78 is 0. The Morgan fingerprint density at radius 3 is 2.20 bits per heavy atom. The third kappa shape index (κ3) is 4.48. The van der Waals surface area contributed by atoms with E-state index in [9.17, 15) is 0 Å². The Kier molecular flexibility index (Phi) is 2.96. The van der Waals surface area contributed by atoms with Crippen molar-refractivity contribution >= 4 is 15.9 Å². The van der Waals surface area contributed by atoms with Gasteiger partial charge in [-0.25, -0.2) is 0 Å². The van der Waals surface area contributed by atoms with E-state index in [-0.39, 0.29) is 0 Å². The Hall–Kier alpha value is 0.480. The Morgan fingerprint density at radius 2 is 2.20 bits per heavy atom. The largest absolute Gasteiger partial charge is 0.0925 e.